The van der Waals surface area contributed by atoms with Gasteiger partial charge >= 0.3 is 0 Å². The van der Waals surface area contributed by atoms with Gasteiger partial charge < -0.3 is 14.8 Å². The van der Waals surface area contributed by atoms with Crippen LogP contribution in [0.3, 0.4) is 0 Å². The molecule has 1 fully saturated rings. The van der Waals surface area contributed by atoms with Gasteiger partial charge in [0.25, 0.3) is 5.56 Å². The van der Waals surface area contributed by atoms with E-state index in [0.717, 1.165) is 6.42 Å². The maximum atomic E-state index is 13.1. The second kappa shape index (κ2) is 10.1. The van der Waals surface area contributed by atoms with Crippen molar-refractivity contribution in [3.05, 3.63) is 34.2 Å². The number of β-amino-alcohol motifs (C(OH)–C–C–N with tert-alkyl or cyclic N) is 1. The number of rotatable bonds is 10. The van der Waals surface area contributed by atoms with Gasteiger partial charge in [0.2, 0.25) is 10.0 Å². The van der Waals surface area contributed by atoms with Gasteiger partial charge in [-0.3, -0.25) is 14.4 Å². The van der Waals surface area contributed by atoms with E-state index in [1.807, 2.05) is 18.7 Å². The molecule has 0 spiro atoms. The highest BCUT2D eigenvalue weighted by molar-refractivity contribution is 7.89. The van der Waals surface area contributed by atoms with Crippen LogP contribution >= 0.6 is 0 Å². The molecule has 1 atom stereocenters. The second-order valence-corrected chi connectivity index (χ2v) is 10.6. The molecule has 0 amide bonds. The predicted molar refractivity (Wildman–Crippen MR) is 132 cm³/mol. The number of likely N-dealkylation sites (tertiary alicyclic amines) is 1. The zero-order valence-electron chi connectivity index (χ0n) is 20.4. The molecule has 0 aliphatic carbocycles. The van der Waals surface area contributed by atoms with E-state index in [2.05, 4.69) is 19.8 Å². The van der Waals surface area contributed by atoms with Crippen LogP contribution in [-0.4, -0.2) is 76.6 Å². The Morgan fingerprint density at radius 2 is 2.06 bits per heavy atom. The van der Waals surface area contributed by atoms with Crippen LogP contribution in [-0.2, 0) is 23.5 Å². The summed E-state index contributed by atoms with van der Waals surface area (Å²) in [5.74, 6) is 0.641. The lowest BCUT2D eigenvalue weighted by Crippen LogP contribution is -2.60. The van der Waals surface area contributed by atoms with Crippen LogP contribution in [0.2, 0.25) is 0 Å². The highest BCUT2D eigenvalue weighted by Crippen LogP contribution is 2.31. The maximum Gasteiger partial charge on any atom is 0.277 e. The molecule has 0 bridgehead atoms. The summed E-state index contributed by atoms with van der Waals surface area (Å²) in [6.07, 6.45) is 1.04. The zero-order valence-corrected chi connectivity index (χ0v) is 21.2. The Morgan fingerprint density at radius 3 is 2.71 bits per heavy atom. The number of hydrogen-bond acceptors (Lipinski definition) is 8. The number of H-pyrrole nitrogens is 1. The standard InChI is InChI=1S/C23H32N6O5S/c1-5-7-18-20-21(28(4)26-18)23(31)25-22(24-20)17-10-16(8-9-19(17)34-6-2)35(32,33)27-15-12-29(13-15)11-14(3)30/h8-10,14-15,27,30H,5-7,11-13H2,1-4H3,(H,24,25,31). The van der Waals surface area contributed by atoms with Crippen molar-refractivity contribution in [1.29, 1.82) is 0 Å². The Labute approximate surface area is 204 Å². The molecule has 1 saturated heterocycles. The summed E-state index contributed by atoms with van der Waals surface area (Å²) >= 11 is 0. The van der Waals surface area contributed by atoms with Crippen LogP contribution in [0.25, 0.3) is 22.4 Å². The molecule has 1 unspecified atom stereocenters. The molecule has 3 aromatic rings. The molecule has 4 rings (SSSR count). The molecule has 35 heavy (non-hydrogen) atoms. The van der Waals surface area contributed by atoms with E-state index in [9.17, 15) is 18.3 Å². The van der Waals surface area contributed by atoms with Crippen molar-refractivity contribution in [1.82, 2.24) is 29.4 Å². The summed E-state index contributed by atoms with van der Waals surface area (Å²) in [6.45, 7) is 7.47. The Morgan fingerprint density at radius 1 is 1.31 bits per heavy atom. The van der Waals surface area contributed by atoms with Gasteiger partial charge in [-0.25, -0.2) is 18.1 Å². The summed E-state index contributed by atoms with van der Waals surface area (Å²) < 4.78 is 36.2. The topological polar surface area (TPSA) is 142 Å². The van der Waals surface area contributed by atoms with E-state index in [1.165, 1.54) is 16.8 Å². The summed E-state index contributed by atoms with van der Waals surface area (Å²) in [5.41, 5.74) is 1.60. The van der Waals surface area contributed by atoms with Crippen LogP contribution in [0.1, 0.15) is 32.9 Å². The average molecular weight is 505 g/mol. The van der Waals surface area contributed by atoms with E-state index in [-0.39, 0.29) is 22.3 Å². The highest BCUT2D eigenvalue weighted by Gasteiger charge is 2.31. The van der Waals surface area contributed by atoms with Crippen LogP contribution in [0.15, 0.2) is 27.9 Å². The molecule has 0 radical (unpaired) electrons. The number of aryl methyl sites for hydroxylation is 2. The number of nitrogens with zero attached hydrogens (tertiary/aromatic N) is 4. The first-order chi connectivity index (χ1) is 16.6. The third-order valence-corrected chi connectivity index (χ3v) is 7.39. The molecule has 1 aliphatic rings. The van der Waals surface area contributed by atoms with Gasteiger partial charge in [-0.05, 0) is 38.5 Å². The van der Waals surface area contributed by atoms with Gasteiger partial charge in [0.15, 0.2) is 5.52 Å². The van der Waals surface area contributed by atoms with Crippen molar-refractivity contribution in [3.8, 4) is 17.1 Å². The molecule has 1 aromatic carbocycles. The van der Waals surface area contributed by atoms with Crippen molar-refractivity contribution in [2.45, 2.75) is 50.7 Å². The number of hydrogen-bond donors (Lipinski definition) is 3. The largest absolute Gasteiger partial charge is 0.493 e. The third kappa shape index (κ3) is 5.25. The van der Waals surface area contributed by atoms with Crippen LogP contribution in [0, 0.1) is 0 Å². The quantitative estimate of drug-likeness (QED) is 0.371. The molecule has 12 heteroatoms. The number of aromatic nitrogens is 4. The number of benzene rings is 1. The summed E-state index contributed by atoms with van der Waals surface area (Å²) in [5, 5.41) is 13.9. The van der Waals surface area contributed by atoms with Crippen molar-refractivity contribution < 1.29 is 18.3 Å². The monoisotopic (exact) mass is 504 g/mol. The lowest BCUT2D eigenvalue weighted by atomic mass is 10.1. The number of aliphatic hydroxyl groups is 1. The van der Waals surface area contributed by atoms with Gasteiger partial charge in [0.05, 0.1) is 28.9 Å². The molecule has 0 saturated carbocycles. The first-order valence-electron chi connectivity index (χ1n) is 11.8. The van der Waals surface area contributed by atoms with Crippen molar-refractivity contribution >= 4 is 21.1 Å². The maximum absolute atomic E-state index is 13.1. The van der Waals surface area contributed by atoms with E-state index >= 15 is 0 Å². The molecular formula is C23H32N6O5S. The molecule has 3 heterocycles. The Bertz CT molecular complexity index is 1380. The minimum absolute atomic E-state index is 0.0487. The van der Waals surface area contributed by atoms with Crippen molar-refractivity contribution in [2.24, 2.45) is 7.05 Å². The van der Waals surface area contributed by atoms with Crippen LogP contribution in [0.4, 0.5) is 0 Å². The number of nitrogens with one attached hydrogen (secondary N) is 2. The van der Waals surface area contributed by atoms with E-state index < -0.39 is 16.1 Å². The fourth-order valence-electron chi connectivity index (χ4n) is 4.38. The second-order valence-electron chi connectivity index (χ2n) is 8.91. The first-order valence-corrected chi connectivity index (χ1v) is 13.3. The van der Waals surface area contributed by atoms with Crippen molar-refractivity contribution in [2.75, 3.05) is 26.2 Å². The van der Waals surface area contributed by atoms with Gasteiger partial charge in [-0.15, -0.1) is 0 Å². The molecular weight excluding hydrogens is 472 g/mol. The van der Waals surface area contributed by atoms with Crippen LogP contribution < -0.4 is 15.0 Å². The minimum atomic E-state index is -3.83. The summed E-state index contributed by atoms with van der Waals surface area (Å²) in [7, 11) is -2.13. The Balaban J connectivity index is 1.71. The highest BCUT2D eigenvalue weighted by atomic mass is 32.2. The number of ether oxygens (including phenoxy) is 1. The number of aliphatic hydroxyl groups excluding tert-OH is 1. The van der Waals surface area contributed by atoms with E-state index in [4.69, 9.17) is 4.74 Å². The normalized spacial score (nSPS) is 15.9. The molecule has 1 aliphatic heterocycles. The summed E-state index contributed by atoms with van der Waals surface area (Å²) in [4.78, 5) is 22.4. The molecule has 2 aromatic heterocycles. The molecule has 3 N–H and O–H groups in total. The number of aromatic amines is 1. The SMILES string of the molecule is CCCc1nn(C)c2c(=O)[nH]c(-c3cc(S(=O)(=O)NC4CN(CC(C)O)C4)ccc3OCC)nc12. The zero-order chi connectivity index (χ0) is 25.3. The fourth-order valence-corrected chi connectivity index (χ4v) is 5.62. The number of fused-ring (bicyclic) bond motifs is 1. The minimum Gasteiger partial charge on any atom is -0.493 e. The van der Waals surface area contributed by atoms with E-state index in [1.54, 1.807) is 20.0 Å². The lowest BCUT2D eigenvalue weighted by Gasteiger charge is -2.39. The first kappa shape index (κ1) is 25.3. The van der Waals surface area contributed by atoms with Gasteiger partial charge in [0, 0.05) is 32.7 Å². The van der Waals surface area contributed by atoms with Gasteiger partial charge in [-0.2, -0.15) is 5.10 Å². The van der Waals surface area contributed by atoms with Gasteiger partial charge in [0.1, 0.15) is 17.1 Å². The van der Waals surface area contributed by atoms with Crippen molar-refractivity contribution in [3.63, 3.8) is 0 Å². The average Bonchev–Trinajstić information content (AvgIpc) is 3.08. The lowest BCUT2D eigenvalue weighted by molar-refractivity contribution is 0.0713. The summed E-state index contributed by atoms with van der Waals surface area (Å²) in [6, 6.07) is 4.29. The third-order valence-electron chi connectivity index (χ3n) is 5.87. The molecule has 11 nitrogen and oxygen atoms in total. The smallest absolute Gasteiger partial charge is 0.277 e. The van der Waals surface area contributed by atoms with Crippen LogP contribution in [0.5, 0.6) is 5.75 Å². The Hall–Kier alpha value is -2.80. The Kier molecular flexibility index (Phi) is 7.27. The number of sulfonamides is 1. The molecule has 190 valence electrons. The van der Waals surface area contributed by atoms with Gasteiger partial charge in [-0.1, -0.05) is 13.3 Å². The van der Waals surface area contributed by atoms with E-state index in [0.29, 0.717) is 60.7 Å². The predicted octanol–water partition coefficient (Wildman–Crippen LogP) is 1.02. The fraction of sp³-hybridized carbons (Fsp3) is 0.522.